The number of Topliss-reactive ketones (excluding diaryl/α,β-unsaturated/α-hetero) is 1. The molecule has 1 aliphatic heterocycles. The number of aryl methyl sites for hydroxylation is 1. The molecular formula is C27H25BrN4O3. The van der Waals surface area contributed by atoms with Crippen LogP contribution in [-0.2, 0) is 22.5 Å². The fourth-order valence-corrected chi connectivity index (χ4v) is 6.00. The number of aromatic nitrogens is 3. The monoisotopic (exact) mass is 532 g/mol. The molecule has 6 rings (SSSR count). The lowest BCUT2D eigenvalue weighted by atomic mass is 9.79. The third-order valence-electron chi connectivity index (χ3n) is 7.31. The third kappa shape index (κ3) is 3.95. The average Bonchev–Trinajstić information content (AvgIpc) is 3.47. The molecule has 8 heteroatoms. The molecule has 0 saturated carbocycles. The zero-order valence-electron chi connectivity index (χ0n) is 19.3. The molecule has 1 amide bonds. The molecule has 0 radical (unpaired) electrons. The maximum Gasteiger partial charge on any atom is 0.407 e. The standard InChI is InChI=1S/C27H25BrN4O3/c1-35-27(34)31-21-7-5-15-8-9-32-14-19(12-23(33)24(21)25(15)32)26-29-13-22(30-26)18-3-2-17-11-20(28)6-4-16(17)10-18/h2-4,6,8-11,13,19,21,24H,5,7,12,14H2,1H3,(H,29,30)(H,31,34)/t19-,21-,24?/m0/s1. The molecule has 2 aliphatic rings. The molecule has 2 aromatic carbocycles. The topological polar surface area (TPSA) is 89.0 Å². The van der Waals surface area contributed by atoms with Crippen molar-refractivity contribution in [2.75, 3.05) is 7.11 Å². The summed E-state index contributed by atoms with van der Waals surface area (Å²) in [7, 11) is 1.35. The van der Waals surface area contributed by atoms with Gasteiger partial charge in [0.25, 0.3) is 0 Å². The van der Waals surface area contributed by atoms with Gasteiger partial charge in [0.1, 0.15) is 11.6 Å². The van der Waals surface area contributed by atoms with E-state index in [-0.39, 0.29) is 23.7 Å². The maximum atomic E-state index is 13.6. The van der Waals surface area contributed by atoms with Crippen molar-refractivity contribution in [1.29, 1.82) is 0 Å². The Kier molecular flexibility index (Phi) is 5.48. The molecule has 178 valence electrons. The summed E-state index contributed by atoms with van der Waals surface area (Å²) in [4.78, 5) is 33.7. The molecule has 1 unspecified atom stereocenters. The highest BCUT2D eigenvalue weighted by Gasteiger charge is 2.41. The van der Waals surface area contributed by atoms with Gasteiger partial charge in [-0.15, -0.1) is 0 Å². The van der Waals surface area contributed by atoms with E-state index in [1.807, 2.05) is 12.3 Å². The van der Waals surface area contributed by atoms with E-state index in [2.05, 4.69) is 73.4 Å². The molecule has 2 N–H and O–H groups in total. The molecule has 3 heterocycles. The number of halogens is 1. The minimum Gasteiger partial charge on any atom is -0.453 e. The van der Waals surface area contributed by atoms with E-state index in [1.54, 1.807) is 0 Å². The first-order chi connectivity index (χ1) is 17.0. The van der Waals surface area contributed by atoms with Gasteiger partial charge in [-0.3, -0.25) is 4.79 Å². The van der Waals surface area contributed by atoms with Crippen LogP contribution in [0.15, 0.2) is 59.3 Å². The van der Waals surface area contributed by atoms with E-state index in [9.17, 15) is 9.59 Å². The van der Waals surface area contributed by atoms with Crippen LogP contribution in [0.25, 0.3) is 22.0 Å². The van der Waals surface area contributed by atoms with Crippen molar-refractivity contribution in [3.63, 3.8) is 0 Å². The van der Waals surface area contributed by atoms with Crippen LogP contribution in [0.2, 0.25) is 0 Å². The highest BCUT2D eigenvalue weighted by molar-refractivity contribution is 9.10. The minimum absolute atomic E-state index is 0.0754. The number of ether oxygens (including phenoxy) is 1. The molecule has 0 bridgehead atoms. The van der Waals surface area contributed by atoms with Crippen molar-refractivity contribution in [2.45, 2.75) is 43.7 Å². The zero-order chi connectivity index (χ0) is 24.1. The summed E-state index contributed by atoms with van der Waals surface area (Å²) < 4.78 is 8.04. The number of fused-ring (bicyclic) bond motifs is 1. The summed E-state index contributed by atoms with van der Waals surface area (Å²) in [5.74, 6) is 0.493. The number of hydrogen-bond donors (Lipinski definition) is 2. The molecule has 0 fully saturated rings. The van der Waals surface area contributed by atoms with Gasteiger partial charge < -0.3 is 19.6 Å². The van der Waals surface area contributed by atoms with Gasteiger partial charge in [0, 0.05) is 46.9 Å². The predicted molar refractivity (Wildman–Crippen MR) is 136 cm³/mol. The number of ketones is 1. The summed E-state index contributed by atoms with van der Waals surface area (Å²) in [6.45, 7) is 0.668. The zero-order valence-corrected chi connectivity index (χ0v) is 20.8. The second kappa shape index (κ2) is 8.68. The van der Waals surface area contributed by atoms with E-state index < -0.39 is 6.09 Å². The Labute approximate surface area is 211 Å². The van der Waals surface area contributed by atoms with Crippen LogP contribution in [0.1, 0.15) is 41.8 Å². The first kappa shape index (κ1) is 22.1. The number of H-pyrrole nitrogens is 1. The van der Waals surface area contributed by atoms with Crippen LogP contribution < -0.4 is 5.32 Å². The number of nitrogens with one attached hydrogen (secondary N) is 2. The number of hydrogen-bond acceptors (Lipinski definition) is 4. The highest BCUT2D eigenvalue weighted by atomic mass is 79.9. The number of rotatable bonds is 3. The van der Waals surface area contributed by atoms with Crippen molar-refractivity contribution < 1.29 is 14.3 Å². The van der Waals surface area contributed by atoms with E-state index >= 15 is 0 Å². The second-order valence-electron chi connectivity index (χ2n) is 9.39. The smallest absolute Gasteiger partial charge is 0.407 e. The summed E-state index contributed by atoms with van der Waals surface area (Å²) in [6, 6.07) is 14.4. The van der Waals surface area contributed by atoms with Crippen molar-refractivity contribution >= 4 is 38.6 Å². The SMILES string of the molecule is COC(=O)N[C@H]1CCc2ccn3c2C1C(=O)C[C@H](c1ncc(-c2ccc4cc(Br)ccc4c2)[nH]1)C3. The van der Waals surface area contributed by atoms with Crippen molar-refractivity contribution in [1.82, 2.24) is 19.9 Å². The molecule has 4 aromatic rings. The van der Waals surface area contributed by atoms with Gasteiger partial charge >= 0.3 is 6.09 Å². The van der Waals surface area contributed by atoms with Crippen molar-refractivity contribution in [3.05, 3.63) is 76.4 Å². The number of alkyl carbamates (subject to hydrolysis) is 1. The van der Waals surface area contributed by atoms with Gasteiger partial charge in [0.2, 0.25) is 0 Å². The number of carbonyl (C=O) groups excluding carboxylic acids is 2. The summed E-state index contributed by atoms with van der Waals surface area (Å²) in [5.41, 5.74) is 4.20. The number of carbonyl (C=O) groups is 2. The summed E-state index contributed by atoms with van der Waals surface area (Å²) in [5, 5.41) is 5.22. The van der Waals surface area contributed by atoms with Gasteiger partial charge in [-0.2, -0.15) is 0 Å². The number of methoxy groups -OCH3 is 1. The van der Waals surface area contributed by atoms with Crippen LogP contribution in [0.5, 0.6) is 0 Å². The Morgan fingerprint density at radius 3 is 2.89 bits per heavy atom. The van der Waals surface area contributed by atoms with Crippen LogP contribution in [0.4, 0.5) is 4.79 Å². The second-order valence-corrected chi connectivity index (χ2v) is 10.3. The lowest BCUT2D eigenvalue weighted by Gasteiger charge is -2.31. The quantitative estimate of drug-likeness (QED) is 0.374. The Morgan fingerprint density at radius 1 is 1.20 bits per heavy atom. The predicted octanol–water partition coefficient (Wildman–Crippen LogP) is 5.30. The summed E-state index contributed by atoms with van der Waals surface area (Å²) >= 11 is 3.53. The summed E-state index contributed by atoms with van der Waals surface area (Å²) in [6.07, 6.45) is 5.33. The molecule has 3 atom stereocenters. The molecular weight excluding hydrogens is 508 g/mol. The highest BCUT2D eigenvalue weighted by Crippen LogP contribution is 2.40. The van der Waals surface area contributed by atoms with Crippen molar-refractivity contribution in [3.8, 4) is 11.3 Å². The Bertz CT molecular complexity index is 1460. The first-order valence-corrected chi connectivity index (χ1v) is 12.6. The molecule has 7 nitrogen and oxygen atoms in total. The van der Waals surface area contributed by atoms with Crippen LogP contribution in [-0.4, -0.2) is 39.6 Å². The van der Waals surface area contributed by atoms with Gasteiger partial charge in [-0.1, -0.05) is 34.1 Å². The van der Waals surface area contributed by atoms with Gasteiger partial charge in [0.15, 0.2) is 0 Å². The Balaban J connectivity index is 1.30. The Hall–Kier alpha value is -3.39. The van der Waals surface area contributed by atoms with E-state index in [0.717, 1.165) is 45.5 Å². The van der Waals surface area contributed by atoms with E-state index in [1.165, 1.54) is 18.1 Å². The number of nitrogens with zero attached hydrogens (tertiary/aromatic N) is 2. The van der Waals surface area contributed by atoms with Crippen LogP contribution in [0, 0.1) is 0 Å². The number of amides is 1. The molecule has 0 spiro atoms. The number of benzene rings is 2. The maximum absolute atomic E-state index is 13.6. The van der Waals surface area contributed by atoms with Gasteiger partial charge in [-0.05, 0) is 53.4 Å². The largest absolute Gasteiger partial charge is 0.453 e. The lowest BCUT2D eigenvalue weighted by molar-refractivity contribution is -0.121. The number of aromatic amines is 1. The van der Waals surface area contributed by atoms with E-state index in [4.69, 9.17) is 9.72 Å². The third-order valence-corrected chi connectivity index (χ3v) is 7.80. The molecule has 1 aliphatic carbocycles. The molecule has 0 saturated heterocycles. The fourth-order valence-electron chi connectivity index (χ4n) is 5.62. The fraction of sp³-hybridized carbons (Fsp3) is 0.296. The molecule has 2 aromatic heterocycles. The van der Waals surface area contributed by atoms with Gasteiger partial charge in [-0.25, -0.2) is 9.78 Å². The van der Waals surface area contributed by atoms with E-state index in [0.29, 0.717) is 13.0 Å². The van der Waals surface area contributed by atoms with Gasteiger partial charge in [0.05, 0.1) is 24.9 Å². The number of imidazole rings is 1. The average molecular weight is 533 g/mol. The lowest BCUT2D eigenvalue weighted by Crippen LogP contribution is -2.44. The normalized spacial score (nSPS) is 21.4. The first-order valence-electron chi connectivity index (χ1n) is 11.8. The minimum atomic E-state index is -0.497. The Morgan fingerprint density at radius 2 is 2.03 bits per heavy atom. The van der Waals surface area contributed by atoms with Crippen LogP contribution in [0.3, 0.4) is 0 Å². The molecule has 35 heavy (non-hydrogen) atoms. The van der Waals surface area contributed by atoms with Crippen LogP contribution >= 0.6 is 15.9 Å². The van der Waals surface area contributed by atoms with Crippen molar-refractivity contribution in [2.24, 2.45) is 0 Å².